The van der Waals surface area contributed by atoms with E-state index >= 15 is 0 Å². The fraction of sp³-hybridized carbons (Fsp3) is 0.227. The Bertz CT molecular complexity index is 1110. The van der Waals surface area contributed by atoms with E-state index in [1.807, 2.05) is 29.2 Å². The number of aromatic nitrogens is 1. The maximum absolute atomic E-state index is 11.4. The number of nitrogens with zero attached hydrogens (tertiary/aromatic N) is 2. The first-order chi connectivity index (χ1) is 15.0. The van der Waals surface area contributed by atoms with E-state index in [4.69, 9.17) is 28.2 Å². The fourth-order valence-corrected chi connectivity index (χ4v) is 4.24. The molecule has 0 saturated carbocycles. The Balaban J connectivity index is 1.74. The molecule has 2 atom stereocenters. The number of carbonyl (C=O) groups is 1. The van der Waals surface area contributed by atoms with Crippen molar-refractivity contribution in [1.29, 1.82) is 0 Å². The SMILES string of the molecule is O=C(O)c1ccc(Cl)c(-c2ccc([C@H]3[C@@H](c4ccccn4)NC(=S)N3CCCO)o2)c1. The van der Waals surface area contributed by atoms with Gasteiger partial charge in [-0.3, -0.25) is 4.98 Å². The van der Waals surface area contributed by atoms with Gasteiger partial charge in [0.1, 0.15) is 17.6 Å². The number of hydrogen-bond acceptors (Lipinski definition) is 5. The van der Waals surface area contributed by atoms with Crippen LogP contribution in [0, 0.1) is 0 Å². The molecule has 2 aromatic heterocycles. The van der Waals surface area contributed by atoms with Gasteiger partial charge in [0, 0.05) is 24.9 Å². The predicted molar refractivity (Wildman–Crippen MR) is 120 cm³/mol. The lowest BCUT2D eigenvalue weighted by molar-refractivity contribution is 0.0697. The largest absolute Gasteiger partial charge is 0.478 e. The summed E-state index contributed by atoms with van der Waals surface area (Å²) in [6, 6.07) is 13.2. The molecule has 31 heavy (non-hydrogen) atoms. The first-order valence-corrected chi connectivity index (χ1v) is 10.5. The average molecular weight is 458 g/mol. The quantitative estimate of drug-likeness (QED) is 0.457. The van der Waals surface area contributed by atoms with Crippen molar-refractivity contribution in [1.82, 2.24) is 15.2 Å². The van der Waals surface area contributed by atoms with Crippen molar-refractivity contribution in [2.24, 2.45) is 0 Å². The molecule has 3 aromatic rings. The summed E-state index contributed by atoms with van der Waals surface area (Å²) in [5.74, 6) is 0.0518. The molecule has 9 heteroatoms. The highest BCUT2D eigenvalue weighted by molar-refractivity contribution is 7.80. The first-order valence-electron chi connectivity index (χ1n) is 9.71. The molecular formula is C22H20ClN3O4S. The van der Waals surface area contributed by atoms with Crippen LogP contribution in [-0.2, 0) is 0 Å². The summed E-state index contributed by atoms with van der Waals surface area (Å²) in [7, 11) is 0. The number of carboxylic acids is 1. The zero-order valence-corrected chi connectivity index (χ0v) is 17.9. The third kappa shape index (κ3) is 4.27. The molecule has 4 rings (SSSR count). The number of carboxylic acid groups (broad SMARTS) is 1. The highest BCUT2D eigenvalue weighted by Gasteiger charge is 2.41. The number of aliphatic hydroxyl groups excluding tert-OH is 1. The summed E-state index contributed by atoms with van der Waals surface area (Å²) in [6.07, 6.45) is 2.27. The smallest absolute Gasteiger partial charge is 0.335 e. The number of benzene rings is 1. The number of pyridine rings is 1. The van der Waals surface area contributed by atoms with E-state index in [0.717, 1.165) is 5.69 Å². The normalized spacial score (nSPS) is 18.3. The number of aromatic carboxylic acids is 1. The number of nitrogens with one attached hydrogen (secondary N) is 1. The van der Waals surface area contributed by atoms with Gasteiger partial charge in [-0.2, -0.15) is 0 Å². The van der Waals surface area contributed by atoms with Gasteiger partial charge >= 0.3 is 5.97 Å². The van der Waals surface area contributed by atoms with E-state index in [1.54, 1.807) is 18.3 Å². The zero-order chi connectivity index (χ0) is 22.0. The van der Waals surface area contributed by atoms with Crippen LogP contribution in [0.1, 0.15) is 40.3 Å². The summed E-state index contributed by atoms with van der Waals surface area (Å²) in [5.41, 5.74) is 1.43. The lowest BCUT2D eigenvalue weighted by Gasteiger charge is -2.25. The maximum Gasteiger partial charge on any atom is 0.335 e. The van der Waals surface area contributed by atoms with Crippen LogP contribution in [0.5, 0.6) is 0 Å². The lowest BCUT2D eigenvalue weighted by atomic mass is 10.0. The van der Waals surface area contributed by atoms with Crippen molar-refractivity contribution in [3.05, 3.63) is 76.8 Å². The van der Waals surface area contributed by atoms with E-state index in [9.17, 15) is 15.0 Å². The second-order valence-electron chi connectivity index (χ2n) is 7.10. The number of halogens is 1. The van der Waals surface area contributed by atoms with Crippen LogP contribution in [0.25, 0.3) is 11.3 Å². The van der Waals surface area contributed by atoms with Gasteiger partial charge in [-0.15, -0.1) is 0 Å². The predicted octanol–water partition coefficient (Wildman–Crippen LogP) is 4.05. The number of aliphatic hydroxyl groups is 1. The van der Waals surface area contributed by atoms with Crippen molar-refractivity contribution >= 4 is 34.9 Å². The van der Waals surface area contributed by atoms with Crippen LogP contribution in [-0.4, -0.2) is 44.3 Å². The molecule has 3 N–H and O–H groups in total. The van der Waals surface area contributed by atoms with Gasteiger partial charge in [-0.1, -0.05) is 17.7 Å². The van der Waals surface area contributed by atoms with Crippen molar-refractivity contribution in [2.45, 2.75) is 18.5 Å². The van der Waals surface area contributed by atoms with Crippen molar-refractivity contribution in [2.75, 3.05) is 13.2 Å². The van der Waals surface area contributed by atoms with Gasteiger partial charge in [-0.25, -0.2) is 4.79 Å². The molecule has 0 unspecified atom stereocenters. The molecule has 1 fully saturated rings. The molecule has 7 nitrogen and oxygen atoms in total. The van der Waals surface area contributed by atoms with Gasteiger partial charge in [0.25, 0.3) is 0 Å². The number of thiocarbonyl (C=S) groups is 1. The first kappa shape index (κ1) is 21.3. The molecular weight excluding hydrogens is 438 g/mol. The molecule has 1 aliphatic heterocycles. The molecule has 1 aromatic carbocycles. The summed E-state index contributed by atoms with van der Waals surface area (Å²) in [5, 5.41) is 22.9. The van der Waals surface area contributed by atoms with E-state index in [2.05, 4.69) is 10.3 Å². The molecule has 0 aliphatic carbocycles. The summed E-state index contributed by atoms with van der Waals surface area (Å²) in [4.78, 5) is 17.8. The van der Waals surface area contributed by atoms with Crippen LogP contribution in [0.4, 0.5) is 0 Å². The fourth-order valence-electron chi connectivity index (χ4n) is 3.70. The van der Waals surface area contributed by atoms with Crippen molar-refractivity contribution < 1.29 is 19.4 Å². The van der Waals surface area contributed by atoms with Gasteiger partial charge in [0.2, 0.25) is 0 Å². The van der Waals surface area contributed by atoms with Crippen LogP contribution in [0.3, 0.4) is 0 Å². The highest BCUT2D eigenvalue weighted by Crippen LogP contribution is 2.41. The molecule has 0 radical (unpaired) electrons. The standard InChI is InChI=1S/C22H20ClN3O4S/c23-15-6-5-13(21(28)29)12-14(15)17-7-8-18(30-17)20-19(16-4-1-2-9-24-16)25-22(31)26(20)10-3-11-27/h1-2,4-9,12,19-20,27H,3,10-11H2,(H,25,31)(H,28,29)/t19-,20+/m1/s1. The topological polar surface area (TPSA) is 98.8 Å². The molecule has 160 valence electrons. The Kier molecular flexibility index (Phi) is 6.22. The van der Waals surface area contributed by atoms with Gasteiger partial charge < -0.3 is 24.8 Å². The van der Waals surface area contributed by atoms with E-state index < -0.39 is 5.97 Å². The number of furan rings is 1. The molecule has 0 spiro atoms. The van der Waals surface area contributed by atoms with Crippen LogP contribution >= 0.6 is 23.8 Å². The second kappa shape index (κ2) is 9.05. The van der Waals surface area contributed by atoms with Gasteiger partial charge in [0.15, 0.2) is 5.11 Å². The van der Waals surface area contributed by atoms with Crippen LogP contribution < -0.4 is 5.32 Å². The summed E-state index contributed by atoms with van der Waals surface area (Å²) in [6.45, 7) is 0.586. The highest BCUT2D eigenvalue weighted by atomic mass is 35.5. The zero-order valence-electron chi connectivity index (χ0n) is 16.4. The van der Waals surface area contributed by atoms with Crippen LogP contribution in [0.2, 0.25) is 5.02 Å². The number of rotatable bonds is 7. The van der Waals surface area contributed by atoms with Crippen molar-refractivity contribution in [3.8, 4) is 11.3 Å². The second-order valence-corrected chi connectivity index (χ2v) is 7.89. The molecule has 3 heterocycles. The summed E-state index contributed by atoms with van der Waals surface area (Å²) < 4.78 is 6.17. The third-order valence-electron chi connectivity index (χ3n) is 5.15. The van der Waals surface area contributed by atoms with E-state index in [0.29, 0.717) is 40.2 Å². The Hall–Kier alpha value is -2.94. The monoisotopic (exact) mass is 457 g/mol. The van der Waals surface area contributed by atoms with E-state index in [-0.39, 0.29) is 24.3 Å². The average Bonchev–Trinajstić information content (AvgIpc) is 3.37. The molecule has 1 saturated heterocycles. The minimum absolute atomic E-state index is 0.0427. The molecule has 1 aliphatic rings. The molecule has 0 bridgehead atoms. The number of hydrogen-bond donors (Lipinski definition) is 3. The Morgan fingerprint density at radius 3 is 2.81 bits per heavy atom. The van der Waals surface area contributed by atoms with Gasteiger partial charge in [0.05, 0.1) is 22.3 Å². The molecule has 0 amide bonds. The van der Waals surface area contributed by atoms with Crippen LogP contribution in [0.15, 0.2) is 59.1 Å². The maximum atomic E-state index is 11.4. The summed E-state index contributed by atoms with van der Waals surface area (Å²) >= 11 is 11.9. The van der Waals surface area contributed by atoms with Gasteiger partial charge in [-0.05, 0) is 61.1 Å². The Labute approximate surface area is 189 Å². The third-order valence-corrected chi connectivity index (χ3v) is 5.83. The Morgan fingerprint density at radius 2 is 2.10 bits per heavy atom. The van der Waals surface area contributed by atoms with Crippen molar-refractivity contribution in [3.63, 3.8) is 0 Å². The van der Waals surface area contributed by atoms with E-state index in [1.165, 1.54) is 12.1 Å². The minimum atomic E-state index is -1.04. The lowest BCUT2D eigenvalue weighted by Crippen LogP contribution is -2.30. The minimum Gasteiger partial charge on any atom is -0.478 e. The Morgan fingerprint density at radius 1 is 1.26 bits per heavy atom.